The number of esters is 1. The van der Waals surface area contributed by atoms with Crippen LogP contribution in [-0.2, 0) is 26.0 Å². The SMILES string of the molecule is CCOC(=O)Cc1csc(NC(=O)c2cc(S(=O)(=O)NC3CC3)c(Cl)cc2Cl)n1. The van der Waals surface area contributed by atoms with Crippen LogP contribution in [0.2, 0.25) is 10.0 Å². The minimum Gasteiger partial charge on any atom is -0.466 e. The third-order valence-corrected chi connectivity index (χ3v) is 6.96. The second-order valence-corrected chi connectivity index (χ2v) is 9.59. The van der Waals surface area contributed by atoms with Crippen LogP contribution in [0.4, 0.5) is 5.13 Å². The number of ether oxygens (including phenoxy) is 1. The Hall–Kier alpha value is -1.72. The van der Waals surface area contributed by atoms with Gasteiger partial charge >= 0.3 is 5.97 Å². The predicted octanol–water partition coefficient (Wildman–Crippen LogP) is 3.25. The molecule has 1 aliphatic rings. The van der Waals surface area contributed by atoms with Gasteiger partial charge in [0.15, 0.2) is 5.13 Å². The second-order valence-electron chi connectivity index (χ2n) is 6.24. The topological polar surface area (TPSA) is 114 Å². The van der Waals surface area contributed by atoms with Crippen LogP contribution in [0.5, 0.6) is 0 Å². The van der Waals surface area contributed by atoms with Gasteiger partial charge in [0.25, 0.3) is 5.91 Å². The molecule has 0 saturated heterocycles. The monoisotopic (exact) mass is 477 g/mol. The van der Waals surface area contributed by atoms with Gasteiger partial charge in [-0.3, -0.25) is 14.9 Å². The van der Waals surface area contributed by atoms with Crippen molar-refractivity contribution < 1.29 is 22.7 Å². The number of aromatic nitrogens is 1. The average Bonchev–Trinajstić information content (AvgIpc) is 3.31. The number of thiazole rings is 1. The highest BCUT2D eigenvalue weighted by atomic mass is 35.5. The summed E-state index contributed by atoms with van der Waals surface area (Å²) in [7, 11) is -3.87. The van der Waals surface area contributed by atoms with Crippen LogP contribution in [0.15, 0.2) is 22.4 Å². The molecule has 0 bridgehead atoms. The highest BCUT2D eigenvalue weighted by molar-refractivity contribution is 7.89. The summed E-state index contributed by atoms with van der Waals surface area (Å²) >= 11 is 13.3. The number of rotatable bonds is 8. The van der Waals surface area contributed by atoms with Gasteiger partial charge in [-0.25, -0.2) is 18.1 Å². The summed E-state index contributed by atoms with van der Waals surface area (Å²) in [6.07, 6.45) is 1.50. The van der Waals surface area contributed by atoms with E-state index in [9.17, 15) is 18.0 Å². The van der Waals surface area contributed by atoms with Crippen molar-refractivity contribution >= 4 is 61.6 Å². The van der Waals surface area contributed by atoms with Crippen LogP contribution in [-0.4, -0.2) is 37.9 Å². The van der Waals surface area contributed by atoms with E-state index in [-0.39, 0.29) is 44.7 Å². The Kier molecular flexibility index (Phi) is 6.79. The zero-order chi connectivity index (χ0) is 21.2. The van der Waals surface area contributed by atoms with E-state index < -0.39 is 21.9 Å². The van der Waals surface area contributed by atoms with Gasteiger partial charge < -0.3 is 4.74 Å². The van der Waals surface area contributed by atoms with Crippen LogP contribution in [0.25, 0.3) is 0 Å². The fourth-order valence-corrected chi connectivity index (χ4v) is 5.23. The van der Waals surface area contributed by atoms with Crippen LogP contribution in [0.3, 0.4) is 0 Å². The molecule has 29 heavy (non-hydrogen) atoms. The first-order valence-corrected chi connectivity index (χ1v) is 11.7. The van der Waals surface area contributed by atoms with Gasteiger partial charge in [-0.05, 0) is 31.9 Å². The van der Waals surface area contributed by atoms with Gasteiger partial charge in [-0.1, -0.05) is 23.2 Å². The van der Waals surface area contributed by atoms with Gasteiger partial charge in [0, 0.05) is 11.4 Å². The van der Waals surface area contributed by atoms with E-state index in [4.69, 9.17) is 27.9 Å². The van der Waals surface area contributed by atoms with Crippen molar-refractivity contribution in [1.82, 2.24) is 9.71 Å². The van der Waals surface area contributed by atoms with E-state index in [2.05, 4.69) is 15.0 Å². The molecule has 156 valence electrons. The lowest BCUT2D eigenvalue weighted by Gasteiger charge is -2.11. The fourth-order valence-electron chi connectivity index (χ4n) is 2.36. The van der Waals surface area contributed by atoms with Gasteiger partial charge in [0.2, 0.25) is 10.0 Å². The molecule has 1 fully saturated rings. The van der Waals surface area contributed by atoms with Gasteiger partial charge in [0.05, 0.1) is 34.3 Å². The first kappa shape index (κ1) is 22.0. The standard InChI is InChI=1S/C17H17Cl2N3O5S2/c1-2-27-15(23)5-10-8-28-17(20-10)21-16(24)11-6-14(13(19)7-12(11)18)29(25,26)22-9-3-4-9/h6-9,22H,2-5H2,1H3,(H,20,21,24). The third kappa shape index (κ3) is 5.67. The maximum atomic E-state index is 12.6. The Morgan fingerprint density at radius 2 is 2.00 bits per heavy atom. The van der Waals surface area contributed by atoms with Crippen molar-refractivity contribution in [2.24, 2.45) is 0 Å². The van der Waals surface area contributed by atoms with Crippen LogP contribution in [0, 0.1) is 0 Å². The van der Waals surface area contributed by atoms with Crippen molar-refractivity contribution in [2.75, 3.05) is 11.9 Å². The van der Waals surface area contributed by atoms with E-state index in [1.807, 2.05) is 0 Å². The molecule has 0 atom stereocenters. The molecule has 0 spiro atoms. The van der Waals surface area contributed by atoms with Crippen LogP contribution in [0.1, 0.15) is 35.8 Å². The quantitative estimate of drug-likeness (QED) is 0.563. The number of benzene rings is 1. The lowest BCUT2D eigenvalue weighted by atomic mass is 10.2. The summed E-state index contributed by atoms with van der Waals surface area (Å²) in [5.41, 5.74) is 0.386. The molecular formula is C17H17Cl2N3O5S2. The molecule has 3 rings (SSSR count). The number of nitrogens with zero attached hydrogens (tertiary/aromatic N) is 1. The van der Waals surface area contributed by atoms with E-state index in [1.165, 1.54) is 6.07 Å². The zero-order valence-corrected chi connectivity index (χ0v) is 18.3. The molecule has 1 saturated carbocycles. The molecular weight excluding hydrogens is 461 g/mol. The highest BCUT2D eigenvalue weighted by Gasteiger charge is 2.30. The zero-order valence-electron chi connectivity index (χ0n) is 15.2. The average molecular weight is 478 g/mol. The Morgan fingerprint density at radius 3 is 2.66 bits per heavy atom. The Labute approximate surface area is 181 Å². The van der Waals surface area contributed by atoms with Crippen LogP contribution >= 0.6 is 34.5 Å². The maximum absolute atomic E-state index is 12.6. The van der Waals surface area contributed by atoms with Crippen molar-refractivity contribution in [3.63, 3.8) is 0 Å². The minimum atomic E-state index is -3.87. The van der Waals surface area contributed by atoms with Crippen molar-refractivity contribution in [3.05, 3.63) is 38.8 Å². The lowest BCUT2D eigenvalue weighted by Crippen LogP contribution is -2.26. The second kappa shape index (κ2) is 8.97. The Morgan fingerprint density at radius 1 is 1.28 bits per heavy atom. The number of amides is 1. The molecule has 2 aromatic rings. The highest BCUT2D eigenvalue weighted by Crippen LogP contribution is 2.31. The molecule has 12 heteroatoms. The molecule has 1 amide bonds. The van der Waals surface area contributed by atoms with Gasteiger partial charge in [-0.15, -0.1) is 11.3 Å². The van der Waals surface area contributed by atoms with Crippen LogP contribution < -0.4 is 10.0 Å². The van der Waals surface area contributed by atoms with Crippen molar-refractivity contribution in [3.8, 4) is 0 Å². The molecule has 1 aliphatic carbocycles. The molecule has 1 heterocycles. The molecule has 0 radical (unpaired) electrons. The first-order valence-electron chi connectivity index (χ1n) is 8.62. The van der Waals surface area contributed by atoms with E-state index in [1.54, 1.807) is 12.3 Å². The minimum absolute atomic E-state index is 0.00109. The lowest BCUT2D eigenvalue weighted by molar-refractivity contribution is -0.142. The number of sulfonamides is 1. The number of hydrogen-bond donors (Lipinski definition) is 2. The Bertz CT molecular complexity index is 1050. The van der Waals surface area contributed by atoms with Crippen molar-refractivity contribution in [2.45, 2.75) is 37.1 Å². The van der Waals surface area contributed by atoms with E-state index in [0.717, 1.165) is 30.2 Å². The number of carbonyl (C=O) groups excluding carboxylic acids is 2. The summed E-state index contributed by atoms with van der Waals surface area (Å²) in [5.74, 6) is -1.07. The normalized spacial score (nSPS) is 13.9. The molecule has 1 aromatic carbocycles. The smallest absolute Gasteiger partial charge is 0.311 e. The largest absolute Gasteiger partial charge is 0.466 e. The summed E-state index contributed by atoms with van der Waals surface area (Å²) in [4.78, 5) is 28.1. The summed E-state index contributed by atoms with van der Waals surface area (Å²) < 4.78 is 32.3. The molecule has 0 aliphatic heterocycles. The van der Waals surface area contributed by atoms with E-state index >= 15 is 0 Å². The van der Waals surface area contributed by atoms with Crippen molar-refractivity contribution in [1.29, 1.82) is 0 Å². The summed E-state index contributed by atoms with van der Waals surface area (Å²) in [5, 5.41) is 4.33. The fraction of sp³-hybridized carbons (Fsp3) is 0.353. The van der Waals surface area contributed by atoms with Gasteiger partial charge in [-0.2, -0.15) is 0 Å². The number of carbonyl (C=O) groups is 2. The summed E-state index contributed by atoms with van der Waals surface area (Å²) in [6.45, 7) is 1.97. The maximum Gasteiger partial charge on any atom is 0.311 e. The molecule has 2 N–H and O–H groups in total. The molecule has 1 aromatic heterocycles. The predicted molar refractivity (Wildman–Crippen MR) is 110 cm³/mol. The molecule has 0 unspecified atom stereocenters. The van der Waals surface area contributed by atoms with E-state index in [0.29, 0.717) is 5.69 Å². The third-order valence-electron chi connectivity index (χ3n) is 3.86. The number of nitrogens with one attached hydrogen (secondary N) is 2. The number of anilines is 1. The number of hydrogen-bond acceptors (Lipinski definition) is 7. The van der Waals surface area contributed by atoms with Gasteiger partial charge in [0.1, 0.15) is 4.90 Å². The number of halogens is 2. The first-order chi connectivity index (χ1) is 13.7. The Balaban J connectivity index is 1.78. The summed E-state index contributed by atoms with van der Waals surface area (Å²) in [6, 6.07) is 2.24. The molecule has 8 nitrogen and oxygen atoms in total.